The molecule has 0 amide bonds. The summed E-state index contributed by atoms with van der Waals surface area (Å²) in [6.07, 6.45) is 1.68. The molecule has 0 saturated carbocycles. The van der Waals surface area contributed by atoms with Crippen molar-refractivity contribution in [2.45, 2.75) is 6.92 Å². The largest absolute Gasteiger partial charge is 0.477 e. The van der Waals surface area contributed by atoms with Crippen LogP contribution < -0.4 is 0 Å². The summed E-state index contributed by atoms with van der Waals surface area (Å²) in [4.78, 5) is 19.3. The molecule has 0 spiro atoms. The SMILES string of the molecule is Cc1nc(-c2nccs2)sc1C(=O)O. The van der Waals surface area contributed by atoms with Crippen LogP contribution in [0, 0.1) is 6.92 Å². The topological polar surface area (TPSA) is 63.1 Å². The molecule has 0 aliphatic rings. The molecular formula is C8H6N2O2S2. The van der Waals surface area contributed by atoms with E-state index in [1.54, 1.807) is 13.1 Å². The average molecular weight is 226 g/mol. The van der Waals surface area contributed by atoms with E-state index < -0.39 is 5.97 Å². The second-order valence-corrected chi connectivity index (χ2v) is 4.47. The molecule has 6 heteroatoms. The third-order valence-electron chi connectivity index (χ3n) is 1.61. The van der Waals surface area contributed by atoms with Crippen molar-refractivity contribution in [3.63, 3.8) is 0 Å². The van der Waals surface area contributed by atoms with Crippen LogP contribution in [0.1, 0.15) is 15.4 Å². The Balaban J connectivity index is 2.48. The lowest BCUT2D eigenvalue weighted by molar-refractivity contribution is 0.0701. The molecule has 0 unspecified atom stereocenters. The van der Waals surface area contributed by atoms with E-state index in [9.17, 15) is 4.79 Å². The Bertz CT molecular complexity index is 462. The number of hydrogen-bond donors (Lipinski definition) is 1. The second-order valence-electron chi connectivity index (χ2n) is 2.58. The second kappa shape index (κ2) is 3.47. The smallest absolute Gasteiger partial charge is 0.347 e. The predicted octanol–water partition coefficient (Wildman–Crippen LogP) is 2.27. The number of aromatic carboxylic acids is 1. The van der Waals surface area contributed by atoms with Gasteiger partial charge in [-0.3, -0.25) is 0 Å². The quantitative estimate of drug-likeness (QED) is 0.853. The van der Waals surface area contributed by atoms with Crippen molar-refractivity contribution < 1.29 is 9.90 Å². The zero-order chi connectivity index (χ0) is 10.1. The fraction of sp³-hybridized carbons (Fsp3) is 0.125. The van der Waals surface area contributed by atoms with E-state index >= 15 is 0 Å². The van der Waals surface area contributed by atoms with Gasteiger partial charge in [0.2, 0.25) is 0 Å². The highest BCUT2D eigenvalue weighted by Crippen LogP contribution is 2.28. The number of carboxylic acid groups (broad SMARTS) is 1. The molecule has 0 saturated heterocycles. The molecule has 0 bridgehead atoms. The van der Waals surface area contributed by atoms with Crippen molar-refractivity contribution >= 4 is 28.6 Å². The van der Waals surface area contributed by atoms with Gasteiger partial charge in [-0.25, -0.2) is 14.8 Å². The van der Waals surface area contributed by atoms with Gasteiger partial charge in [0.05, 0.1) is 5.69 Å². The Hall–Kier alpha value is -1.27. The van der Waals surface area contributed by atoms with Crippen LogP contribution in [0.5, 0.6) is 0 Å². The van der Waals surface area contributed by atoms with Gasteiger partial charge in [0.25, 0.3) is 0 Å². The van der Waals surface area contributed by atoms with E-state index in [0.29, 0.717) is 10.7 Å². The maximum Gasteiger partial charge on any atom is 0.347 e. The van der Waals surface area contributed by atoms with E-state index in [0.717, 1.165) is 16.3 Å². The number of nitrogens with zero attached hydrogens (tertiary/aromatic N) is 2. The van der Waals surface area contributed by atoms with Crippen LogP contribution in [0.2, 0.25) is 0 Å². The van der Waals surface area contributed by atoms with Crippen molar-refractivity contribution in [1.82, 2.24) is 9.97 Å². The third kappa shape index (κ3) is 1.53. The molecule has 0 radical (unpaired) electrons. The maximum absolute atomic E-state index is 10.8. The van der Waals surface area contributed by atoms with E-state index in [-0.39, 0.29) is 4.88 Å². The number of hydrogen-bond acceptors (Lipinski definition) is 5. The lowest BCUT2D eigenvalue weighted by atomic mass is 10.4. The molecule has 72 valence electrons. The highest BCUT2D eigenvalue weighted by Gasteiger charge is 2.15. The number of aryl methyl sites for hydroxylation is 1. The molecule has 2 rings (SSSR count). The van der Waals surface area contributed by atoms with Crippen molar-refractivity contribution in [2.24, 2.45) is 0 Å². The van der Waals surface area contributed by atoms with Crippen LogP contribution in [0.25, 0.3) is 10.0 Å². The molecule has 0 atom stereocenters. The maximum atomic E-state index is 10.8. The fourth-order valence-corrected chi connectivity index (χ4v) is 2.60. The molecule has 2 aromatic heterocycles. The van der Waals surface area contributed by atoms with Gasteiger partial charge in [-0.2, -0.15) is 0 Å². The highest BCUT2D eigenvalue weighted by molar-refractivity contribution is 7.21. The number of thiazole rings is 2. The normalized spacial score (nSPS) is 10.4. The van der Waals surface area contributed by atoms with Crippen molar-refractivity contribution in [3.8, 4) is 10.0 Å². The van der Waals surface area contributed by atoms with Gasteiger partial charge in [0, 0.05) is 11.6 Å². The van der Waals surface area contributed by atoms with Crippen molar-refractivity contribution in [1.29, 1.82) is 0 Å². The fourth-order valence-electron chi connectivity index (χ4n) is 1.02. The van der Waals surface area contributed by atoms with Gasteiger partial charge in [-0.15, -0.1) is 22.7 Å². The molecule has 14 heavy (non-hydrogen) atoms. The highest BCUT2D eigenvalue weighted by atomic mass is 32.1. The molecule has 2 aromatic rings. The minimum absolute atomic E-state index is 0.287. The summed E-state index contributed by atoms with van der Waals surface area (Å²) < 4.78 is 0. The van der Waals surface area contributed by atoms with Crippen LogP contribution in [-0.4, -0.2) is 21.0 Å². The van der Waals surface area contributed by atoms with Gasteiger partial charge in [0.1, 0.15) is 4.88 Å². The summed E-state index contributed by atoms with van der Waals surface area (Å²) in [6, 6.07) is 0. The Morgan fingerprint density at radius 2 is 2.29 bits per heavy atom. The summed E-state index contributed by atoms with van der Waals surface area (Å²) in [5, 5.41) is 12.1. The molecular weight excluding hydrogens is 220 g/mol. The lowest BCUT2D eigenvalue weighted by Gasteiger charge is -1.84. The number of aromatic nitrogens is 2. The monoisotopic (exact) mass is 226 g/mol. The summed E-state index contributed by atoms with van der Waals surface area (Å²) in [5.41, 5.74) is 0.549. The molecule has 0 aromatic carbocycles. The van der Waals surface area contributed by atoms with Crippen LogP contribution in [0.15, 0.2) is 11.6 Å². The molecule has 0 aliphatic heterocycles. The summed E-state index contributed by atoms with van der Waals surface area (Å²) >= 11 is 2.62. The first-order valence-electron chi connectivity index (χ1n) is 3.79. The van der Waals surface area contributed by atoms with Gasteiger partial charge in [0.15, 0.2) is 10.0 Å². The summed E-state index contributed by atoms with van der Waals surface area (Å²) in [7, 11) is 0. The molecule has 1 N–H and O–H groups in total. The minimum atomic E-state index is -0.928. The van der Waals surface area contributed by atoms with Crippen LogP contribution >= 0.6 is 22.7 Å². The van der Waals surface area contributed by atoms with Crippen LogP contribution in [0.4, 0.5) is 0 Å². The van der Waals surface area contributed by atoms with E-state index in [2.05, 4.69) is 9.97 Å². The molecule has 0 aliphatic carbocycles. The van der Waals surface area contributed by atoms with Gasteiger partial charge in [-0.1, -0.05) is 0 Å². The Morgan fingerprint density at radius 3 is 2.79 bits per heavy atom. The van der Waals surface area contributed by atoms with Gasteiger partial charge < -0.3 is 5.11 Å². The Labute approximate surface area is 87.9 Å². The van der Waals surface area contributed by atoms with Gasteiger partial charge in [-0.05, 0) is 6.92 Å². The summed E-state index contributed by atoms with van der Waals surface area (Å²) in [6.45, 7) is 1.69. The molecule has 4 nitrogen and oxygen atoms in total. The van der Waals surface area contributed by atoms with Crippen molar-refractivity contribution in [3.05, 3.63) is 22.1 Å². The van der Waals surface area contributed by atoms with E-state index in [4.69, 9.17) is 5.11 Å². The van der Waals surface area contributed by atoms with Gasteiger partial charge >= 0.3 is 5.97 Å². The first kappa shape index (κ1) is 9.29. The molecule has 0 fully saturated rings. The molecule has 2 heterocycles. The first-order valence-corrected chi connectivity index (χ1v) is 5.48. The number of carboxylic acids is 1. The average Bonchev–Trinajstić information content (AvgIpc) is 2.70. The lowest BCUT2D eigenvalue weighted by Crippen LogP contribution is -1.94. The first-order chi connectivity index (χ1) is 6.68. The van der Waals surface area contributed by atoms with E-state index in [1.165, 1.54) is 11.3 Å². The van der Waals surface area contributed by atoms with Crippen LogP contribution in [-0.2, 0) is 0 Å². The zero-order valence-electron chi connectivity index (χ0n) is 7.22. The van der Waals surface area contributed by atoms with E-state index in [1.807, 2.05) is 5.38 Å². The number of carbonyl (C=O) groups is 1. The Kier molecular flexibility index (Phi) is 2.30. The standard InChI is InChI=1S/C8H6N2O2S2/c1-4-5(8(11)12)14-7(10-4)6-9-2-3-13-6/h2-3H,1H3,(H,11,12). The zero-order valence-corrected chi connectivity index (χ0v) is 8.85. The predicted molar refractivity (Wildman–Crippen MR) is 54.9 cm³/mol. The van der Waals surface area contributed by atoms with Crippen LogP contribution in [0.3, 0.4) is 0 Å². The number of rotatable bonds is 2. The van der Waals surface area contributed by atoms with Crippen molar-refractivity contribution in [2.75, 3.05) is 0 Å². The third-order valence-corrected chi connectivity index (χ3v) is 3.67. The summed E-state index contributed by atoms with van der Waals surface area (Å²) in [5.74, 6) is -0.928. The Morgan fingerprint density at radius 1 is 1.50 bits per heavy atom. The minimum Gasteiger partial charge on any atom is -0.477 e.